The van der Waals surface area contributed by atoms with E-state index in [0.717, 1.165) is 108 Å². The van der Waals surface area contributed by atoms with E-state index in [9.17, 15) is 5.11 Å². The van der Waals surface area contributed by atoms with Crippen molar-refractivity contribution in [3.63, 3.8) is 0 Å². The van der Waals surface area contributed by atoms with Gasteiger partial charge < -0.3 is 38.8 Å². The molecule has 10 aromatic carbocycles. The molecule has 0 spiro atoms. The van der Waals surface area contributed by atoms with Crippen LogP contribution in [-0.2, 0) is 0 Å². The van der Waals surface area contributed by atoms with Crippen LogP contribution in [0.25, 0.3) is 33.4 Å². The van der Waals surface area contributed by atoms with Crippen molar-refractivity contribution in [2.45, 2.75) is 6.92 Å². The van der Waals surface area contributed by atoms with Gasteiger partial charge in [0.05, 0.1) is 28.4 Å². The first-order chi connectivity index (χ1) is 35.8. The van der Waals surface area contributed by atoms with Crippen LogP contribution in [0.5, 0.6) is 28.7 Å². The second-order valence-electron chi connectivity index (χ2n) is 17.6. The van der Waals surface area contributed by atoms with Crippen molar-refractivity contribution in [1.29, 1.82) is 0 Å². The summed E-state index contributed by atoms with van der Waals surface area (Å²) in [5.41, 5.74) is 16.6. The molecule has 0 aliphatic heterocycles. The molecule has 1 N–H and O–H groups in total. The monoisotopic (exact) mass is 957 g/mol. The molecule has 0 radical (unpaired) electrons. The molecule has 73 heavy (non-hydrogen) atoms. The minimum Gasteiger partial charge on any atom is -0.508 e. The quantitative estimate of drug-likeness (QED) is 0.103. The van der Waals surface area contributed by atoms with Crippen molar-refractivity contribution in [3.8, 4) is 62.1 Å². The number of rotatable bonds is 16. The molecule has 360 valence electrons. The van der Waals surface area contributed by atoms with Crippen molar-refractivity contribution in [2.24, 2.45) is 0 Å². The maximum absolute atomic E-state index is 10.2. The number of hydrogen-bond donors (Lipinski definition) is 1. The second-order valence-corrected chi connectivity index (χ2v) is 17.6. The summed E-state index contributed by atoms with van der Waals surface area (Å²) in [4.78, 5) is 6.66. The van der Waals surface area contributed by atoms with Crippen LogP contribution < -0.4 is 33.6 Å². The molecule has 10 aromatic rings. The fraction of sp³-hybridized carbons (Fsp3) is 0.0769. The molecule has 0 heterocycles. The van der Waals surface area contributed by atoms with E-state index in [2.05, 4.69) is 173 Å². The predicted octanol–water partition coefficient (Wildman–Crippen LogP) is 17.1. The number of methoxy groups -OCH3 is 4. The van der Waals surface area contributed by atoms with Crippen molar-refractivity contribution < 1.29 is 24.1 Å². The van der Waals surface area contributed by atoms with E-state index in [0.29, 0.717) is 0 Å². The van der Waals surface area contributed by atoms with Crippen molar-refractivity contribution in [2.75, 3.05) is 43.1 Å². The number of benzene rings is 10. The highest BCUT2D eigenvalue weighted by Gasteiger charge is 2.18. The molecule has 8 nitrogen and oxygen atoms in total. The Labute approximate surface area is 427 Å². The molecule has 0 aromatic heterocycles. The van der Waals surface area contributed by atoms with Gasteiger partial charge in [-0.2, -0.15) is 0 Å². The molecular formula is C65H55N3O5. The zero-order valence-electron chi connectivity index (χ0n) is 41.4. The molecule has 10 rings (SSSR count). The van der Waals surface area contributed by atoms with Crippen LogP contribution in [0, 0.1) is 6.92 Å². The van der Waals surface area contributed by atoms with Gasteiger partial charge in [0.2, 0.25) is 0 Å². The first-order valence-electron chi connectivity index (χ1n) is 24.1. The first-order valence-corrected chi connectivity index (χ1v) is 24.1. The molecule has 0 aliphatic carbocycles. The summed E-state index contributed by atoms with van der Waals surface area (Å²) in [5, 5.41) is 10.2. The molecule has 0 bridgehead atoms. The van der Waals surface area contributed by atoms with Gasteiger partial charge in [-0.15, -0.1) is 0 Å². The summed E-state index contributed by atoms with van der Waals surface area (Å²) >= 11 is 0. The summed E-state index contributed by atoms with van der Waals surface area (Å²) in [6.07, 6.45) is 0. The minimum atomic E-state index is 0.210. The molecule has 0 saturated carbocycles. The Morgan fingerprint density at radius 1 is 0.247 bits per heavy atom. The Balaban J connectivity index is 1.05. The van der Waals surface area contributed by atoms with E-state index in [4.69, 9.17) is 18.9 Å². The van der Waals surface area contributed by atoms with Crippen molar-refractivity contribution in [3.05, 3.63) is 242 Å². The van der Waals surface area contributed by atoms with Crippen LogP contribution in [0.3, 0.4) is 0 Å². The van der Waals surface area contributed by atoms with Gasteiger partial charge >= 0.3 is 0 Å². The van der Waals surface area contributed by atoms with E-state index in [1.54, 1.807) is 40.6 Å². The van der Waals surface area contributed by atoms with Gasteiger partial charge in [-0.3, -0.25) is 0 Å². The number of hydrogen-bond acceptors (Lipinski definition) is 8. The number of anilines is 9. The van der Waals surface area contributed by atoms with Gasteiger partial charge in [0, 0.05) is 51.2 Å². The number of aromatic hydroxyl groups is 1. The molecular weight excluding hydrogens is 903 g/mol. The third-order valence-corrected chi connectivity index (χ3v) is 13.0. The molecule has 0 aliphatic rings. The first kappa shape index (κ1) is 47.3. The van der Waals surface area contributed by atoms with E-state index < -0.39 is 0 Å². The van der Waals surface area contributed by atoms with E-state index in [-0.39, 0.29) is 5.75 Å². The van der Waals surface area contributed by atoms with Gasteiger partial charge in [-0.1, -0.05) is 54.1 Å². The Bertz CT molecular complexity index is 3190. The second kappa shape index (κ2) is 21.3. The van der Waals surface area contributed by atoms with Crippen LogP contribution >= 0.6 is 0 Å². The highest BCUT2D eigenvalue weighted by molar-refractivity contribution is 5.86. The van der Waals surface area contributed by atoms with Gasteiger partial charge in [0.15, 0.2) is 0 Å². The minimum absolute atomic E-state index is 0.210. The predicted molar refractivity (Wildman–Crippen MR) is 299 cm³/mol. The zero-order chi connectivity index (χ0) is 50.3. The van der Waals surface area contributed by atoms with Crippen molar-refractivity contribution >= 4 is 51.2 Å². The maximum atomic E-state index is 10.2. The van der Waals surface area contributed by atoms with Crippen molar-refractivity contribution in [1.82, 2.24) is 0 Å². The summed E-state index contributed by atoms with van der Waals surface area (Å²) in [5.74, 6) is 3.38. The third-order valence-electron chi connectivity index (χ3n) is 13.0. The Morgan fingerprint density at radius 2 is 0.438 bits per heavy atom. The average molecular weight is 958 g/mol. The molecule has 0 unspecified atom stereocenters. The topological polar surface area (TPSA) is 66.9 Å². The average Bonchev–Trinajstić information content (AvgIpc) is 3.45. The molecule has 0 amide bonds. The number of phenolic OH excluding ortho intramolecular Hbond substituents is 1. The molecule has 0 fully saturated rings. The van der Waals surface area contributed by atoms with Crippen LogP contribution in [0.2, 0.25) is 0 Å². The standard InChI is InChI=1S/C65H55N3O5/c1-45-6-14-52(15-7-45)66(57-24-34-62(70-2)35-25-57)53-16-8-46(9-17-53)49-42-50(47-10-18-54(19-11-47)67(56-22-32-61(69)33-23-56)58-26-36-63(71-3)37-27-58)44-51(43-49)48-12-20-55(21-13-48)68(59-28-38-64(72-4)39-29-59)60-30-40-65(73-5)41-31-60/h6-44,69H,1-5H3. The number of nitrogens with zero attached hydrogens (tertiary/aromatic N) is 3. The summed E-state index contributed by atoms with van der Waals surface area (Å²) in [7, 11) is 6.72. The van der Waals surface area contributed by atoms with E-state index in [1.807, 2.05) is 72.8 Å². The highest BCUT2D eigenvalue weighted by Crippen LogP contribution is 2.42. The Kier molecular flexibility index (Phi) is 13.8. The largest absolute Gasteiger partial charge is 0.508 e. The number of aryl methyl sites for hydroxylation is 1. The van der Waals surface area contributed by atoms with Gasteiger partial charge in [-0.05, 0) is 228 Å². The fourth-order valence-electron chi connectivity index (χ4n) is 9.10. The third kappa shape index (κ3) is 10.4. The van der Waals surface area contributed by atoms with Gasteiger partial charge in [0.25, 0.3) is 0 Å². The summed E-state index contributed by atoms with van der Waals surface area (Å²) < 4.78 is 22.0. The van der Waals surface area contributed by atoms with Gasteiger partial charge in [0.1, 0.15) is 28.7 Å². The molecule has 8 heteroatoms. The molecule has 0 atom stereocenters. The lowest BCUT2D eigenvalue weighted by atomic mass is 9.93. The van der Waals surface area contributed by atoms with E-state index in [1.165, 1.54) is 5.56 Å². The van der Waals surface area contributed by atoms with E-state index >= 15 is 0 Å². The van der Waals surface area contributed by atoms with Crippen LogP contribution in [0.15, 0.2) is 237 Å². The maximum Gasteiger partial charge on any atom is 0.119 e. The van der Waals surface area contributed by atoms with Crippen LogP contribution in [0.4, 0.5) is 51.2 Å². The highest BCUT2D eigenvalue weighted by atomic mass is 16.5. The zero-order valence-corrected chi connectivity index (χ0v) is 41.4. The lowest BCUT2D eigenvalue weighted by molar-refractivity contribution is 0.414. The SMILES string of the molecule is COc1ccc(N(c2ccc(C)cc2)c2ccc(-c3cc(-c4ccc(N(c5ccc(O)cc5)c5ccc(OC)cc5)cc4)cc(-c4ccc(N(c5ccc(OC)cc5)c5ccc(OC)cc5)cc4)c3)cc2)cc1. The number of ether oxygens (including phenoxy) is 4. The summed E-state index contributed by atoms with van der Waals surface area (Å²) in [6.45, 7) is 2.11. The van der Waals surface area contributed by atoms with Gasteiger partial charge in [-0.25, -0.2) is 0 Å². The van der Waals surface area contributed by atoms with Crippen LogP contribution in [-0.4, -0.2) is 33.5 Å². The number of phenols is 1. The Hall–Kier alpha value is -9.40. The summed E-state index contributed by atoms with van der Waals surface area (Å²) in [6, 6.07) is 81.3. The fourth-order valence-corrected chi connectivity index (χ4v) is 9.10. The lowest BCUT2D eigenvalue weighted by Gasteiger charge is -2.26. The van der Waals surface area contributed by atoms with Crippen LogP contribution in [0.1, 0.15) is 5.56 Å². The lowest BCUT2D eigenvalue weighted by Crippen LogP contribution is -2.10. The molecule has 0 saturated heterocycles. The smallest absolute Gasteiger partial charge is 0.119 e. The normalized spacial score (nSPS) is 10.9. The Morgan fingerprint density at radius 3 is 0.658 bits per heavy atom.